The Kier molecular flexibility index (Phi) is 4.45. The highest BCUT2D eigenvalue weighted by atomic mass is 79.9. The van der Waals surface area contributed by atoms with Crippen molar-refractivity contribution in [1.29, 1.82) is 0 Å². The zero-order valence-corrected chi connectivity index (χ0v) is 12.5. The molecule has 1 aromatic carbocycles. The van der Waals surface area contributed by atoms with E-state index in [1.165, 1.54) is 18.4 Å². The van der Waals surface area contributed by atoms with Crippen molar-refractivity contribution in [3.8, 4) is 0 Å². The largest absolute Gasteiger partial charge is 0.369 e. The molecule has 1 nitrogen and oxygen atoms in total. The Morgan fingerprint density at radius 1 is 1.38 bits per heavy atom. The molecule has 0 aromatic heterocycles. The summed E-state index contributed by atoms with van der Waals surface area (Å²) >= 11 is 7.12. The minimum Gasteiger partial charge on any atom is -0.369 e. The van der Waals surface area contributed by atoms with E-state index in [1.807, 2.05) is 6.07 Å². The highest BCUT2D eigenvalue weighted by Gasteiger charge is 2.30. The van der Waals surface area contributed by atoms with E-state index >= 15 is 0 Å². The molecule has 2 rings (SSSR count). The molecule has 0 radical (unpaired) electrons. The summed E-state index contributed by atoms with van der Waals surface area (Å²) in [4.78, 5) is 0. The number of hydrogen-bond donors (Lipinski definition) is 0. The zero-order valence-electron chi connectivity index (χ0n) is 9.33. The van der Waals surface area contributed by atoms with Crippen molar-refractivity contribution in [2.24, 2.45) is 5.92 Å². The lowest BCUT2D eigenvalue weighted by atomic mass is 10.1. The van der Waals surface area contributed by atoms with Crippen LogP contribution >= 0.6 is 31.9 Å². The van der Waals surface area contributed by atoms with Crippen LogP contribution in [0.2, 0.25) is 0 Å². The lowest BCUT2D eigenvalue weighted by Crippen LogP contribution is -2.16. The molecule has 0 bridgehead atoms. The Bertz CT molecular complexity index is 350. The van der Waals surface area contributed by atoms with Crippen molar-refractivity contribution in [2.45, 2.75) is 32.0 Å². The Hall–Kier alpha value is 0.140. The Morgan fingerprint density at radius 2 is 2.06 bits per heavy atom. The summed E-state index contributed by atoms with van der Waals surface area (Å²) in [7, 11) is 0. The second kappa shape index (κ2) is 5.65. The third-order valence-electron chi connectivity index (χ3n) is 3.06. The molecule has 0 N–H and O–H groups in total. The fourth-order valence-corrected chi connectivity index (χ4v) is 2.91. The summed E-state index contributed by atoms with van der Waals surface area (Å²) in [5.74, 6) is 0.782. The lowest BCUT2D eigenvalue weighted by molar-refractivity contribution is -0.00185. The van der Waals surface area contributed by atoms with Crippen LogP contribution in [-0.4, -0.2) is 11.4 Å². The van der Waals surface area contributed by atoms with Crippen LogP contribution in [0, 0.1) is 5.92 Å². The maximum Gasteiger partial charge on any atom is 0.0936 e. The van der Waals surface area contributed by atoms with Crippen molar-refractivity contribution in [3.63, 3.8) is 0 Å². The second-order valence-electron chi connectivity index (χ2n) is 4.34. The molecule has 16 heavy (non-hydrogen) atoms. The number of hydrogen-bond acceptors (Lipinski definition) is 1. The van der Waals surface area contributed by atoms with Gasteiger partial charge in [-0.05, 0) is 37.3 Å². The van der Waals surface area contributed by atoms with E-state index in [1.54, 1.807) is 0 Å². The number of rotatable bonds is 5. The van der Waals surface area contributed by atoms with Crippen molar-refractivity contribution < 1.29 is 4.74 Å². The first kappa shape index (κ1) is 12.6. The molecule has 1 aromatic rings. The average Bonchev–Trinajstić information content (AvgIpc) is 3.10. The predicted molar refractivity (Wildman–Crippen MR) is 73.9 cm³/mol. The van der Waals surface area contributed by atoms with Gasteiger partial charge in [0.25, 0.3) is 0 Å². The summed E-state index contributed by atoms with van der Waals surface area (Å²) < 4.78 is 7.24. The summed E-state index contributed by atoms with van der Waals surface area (Å²) in [5, 5.41) is 0.840. The highest BCUT2D eigenvalue weighted by molar-refractivity contribution is 9.10. The van der Waals surface area contributed by atoms with Crippen molar-refractivity contribution in [1.82, 2.24) is 0 Å². The van der Waals surface area contributed by atoms with E-state index in [2.05, 4.69) is 57.0 Å². The molecule has 0 saturated heterocycles. The highest BCUT2D eigenvalue weighted by Crippen LogP contribution is 2.37. The van der Waals surface area contributed by atoms with E-state index < -0.39 is 0 Å². The molecule has 88 valence electrons. The molecule has 3 heteroatoms. The van der Waals surface area contributed by atoms with Crippen molar-refractivity contribution >= 4 is 31.9 Å². The maximum atomic E-state index is 6.11. The third kappa shape index (κ3) is 3.08. The molecule has 1 aliphatic rings. The number of alkyl halides is 1. The first-order valence-electron chi connectivity index (χ1n) is 5.68. The molecular weight excluding hydrogens is 332 g/mol. The van der Waals surface area contributed by atoms with Crippen molar-refractivity contribution in [3.05, 3.63) is 34.3 Å². The summed E-state index contributed by atoms with van der Waals surface area (Å²) in [6, 6.07) is 8.27. The minimum atomic E-state index is 0.145. The third-order valence-corrected chi connectivity index (χ3v) is 4.37. The van der Waals surface area contributed by atoms with Crippen LogP contribution in [0.1, 0.15) is 31.4 Å². The molecule has 0 spiro atoms. The molecule has 2 atom stereocenters. The van der Waals surface area contributed by atoms with Crippen LogP contribution in [0.5, 0.6) is 0 Å². The fraction of sp³-hybridized carbons (Fsp3) is 0.538. The molecular formula is C13H16Br2O. The molecule has 0 amide bonds. The summed E-state index contributed by atoms with van der Waals surface area (Å²) in [6.07, 6.45) is 3.17. The second-order valence-corrected chi connectivity index (χ2v) is 5.84. The summed E-state index contributed by atoms with van der Waals surface area (Å²) in [5.41, 5.74) is 1.23. The lowest BCUT2D eigenvalue weighted by Gasteiger charge is -2.22. The SMILES string of the molecule is CC(OC(CBr)c1ccccc1Br)C1CC1. The molecule has 2 unspecified atom stereocenters. The Morgan fingerprint density at radius 3 is 2.62 bits per heavy atom. The first-order valence-corrected chi connectivity index (χ1v) is 7.59. The van der Waals surface area contributed by atoms with E-state index in [4.69, 9.17) is 4.74 Å². The van der Waals surface area contributed by atoms with Crippen LogP contribution in [0.3, 0.4) is 0 Å². The van der Waals surface area contributed by atoms with Gasteiger partial charge in [-0.25, -0.2) is 0 Å². The average molecular weight is 348 g/mol. The predicted octanol–water partition coefficient (Wildman–Crippen LogP) is 4.70. The van der Waals surface area contributed by atoms with Crippen LogP contribution < -0.4 is 0 Å². The molecule has 1 fully saturated rings. The summed E-state index contributed by atoms with van der Waals surface area (Å²) in [6.45, 7) is 2.18. The van der Waals surface area contributed by atoms with Crippen LogP contribution in [0.15, 0.2) is 28.7 Å². The quantitative estimate of drug-likeness (QED) is 0.701. The standard InChI is InChI=1S/C13H16Br2O/c1-9(10-6-7-10)16-13(8-14)11-4-2-3-5-12(11)15/h2-5,9-10,13H,6-8H2,1H3. The monoisotopic (exact) mass is 346 g/mol. The van der Waals surface area contributed by atoms with Gasteiger partial charge >= 0.3 is 0 Å². The van der Waals surface area contributed by atoms with Gasteiger partial charge in [-0.2, -0.15) is 0 Å². The fourth-order valence-electron chi connectivity index (χ4n) is 1.86. The molecule has 1 aliphatic carbocycles. The van der Waals surface area contributed by atoms with Gasteiger partial charge in [-0.1, -0.05) is 50.1 Å². The van der Waals surface area contributed by atoms with E-state index in [0.717, 1.165) is 15.7 Å². The molecule has 0 aliphatic heterocycles. The first-order chi connectivity index (χ1) is 7.72. The van der Waals surface area contributed by atoms with Gasteiger partial charge in [0.2, 0.25) is 0 Å². The van der Waals surface area contributed by atoms with Crippen molar-refractivity contribution in [2.75, 3.05) is 5.33 Å². The van der Waals surface area contributed by atoms with Gasteiger partial charge in [0.1, 0.15) is 0 Å². The Balaban J connectivity index is 2.06. The van der Waals surface area contributed by atoms with Crippen LogP contribution in [0.25, 0.3) is 0 Å². The number of halogens is 2. The van der Waals surface area contributed by atoms with E-state index in [0.29, 0.717) is 6.10 Å². The van der Waals surface area contributed by atoms with Gasteiger partial charge in [0.05, 0.1) is 12.2 Å². The molecule has 0 heterocycles. The van der Waals surface area contributed by atoms with Gasteiger partial charge in [0, 0.05) is 9.80 Å². The normalized spacial score (nSPS) is 19.4. The topological polar surface area (TPSA) is 9.23 Å². The van der Waals surface area contributed by atoms with Gasteiger partial charge in [-0.15, -0.1) is 0 Å². The van der Waals surface area contributed by atoms with Crippen LogP contribution in [-0.2, 0) is 4.74 Å². The smallest absolute Gasteiger partial charge is 0.0936 e. The number of ether oxygens (including phenoxy) is 1. The van der Waals surface area contributed by atoms with Crippen LogP contribution in [0.4, 0.5) is 0 Å². The number of benzene rings is 1. The van der Waals surface area contributed by atoms with E-state index in [-0.39, 0.29) is 6.10 Å². The van der Waals surface area contributed by atoms with Gasteiger partial charge in [0.15, 0.2) is 0 Å². The Labute approximate surface area is 114 Å². The van der Waals surface area contributed by atoms with Gasteiger partial charge < -0.3 is 4.74 Å². The zero-order chi connectivity index (χ0) is 11.5. The molecule has 1 saturated carbocycles. The van der Waals surface area contributed by atoms with Gasteiger partial charge in [-0.3, -0.25) is 0 Å². The van der Waals surface area contributed by atoms with E-state index in [9.17, 15) is 0 Å². The maximum absolute atomic E-state index is 6.11. The minimum absolute atomic E-state index is 0.145.